The number of fused-ring (bicyclic) bond motifs is 1. The van der Waals surface area contributed by atoms with Crippen LogP contribution in [0.1, 0.15) is 28.7 Å². The molecular formula is C30H37N4O4S+. The molecule has 0 aromatic heterocycles. The number of likely N-dealkylation sites (N-methyl/N-ethyl adjacent to an activating group) is 1. The van der Waals surface area contributed by atoms with E-state index in [9.17, 15) is 18.3 Å². The normalized spacial score (nSPS) is 22.8. The molecule has 0 saturated carbocycles. The smallest absolute Gasteiger partial charge is 0.256 e. The topological polar surface area (TPSA) is 107 Å². The zero-order chi connectivity index (χ0) is 27.9. The second-order valence-corrected chi connectivity index (χ2v) is 12.8. The number of nitrogens with two attached hydrogens (primary N) is 1. The molecule has 206 valence electrons. The molecule has 5 rings (SSSR count). The number of aryl methyl sites for hydroxylation is 2. The molecule has 0 spiro atoms. The summed E-state index contributed by atoms with van der Waals surface area (Å²) in [4.78, 5) is 17.8. The molecule has 2 aromatic rings. The van der Waals surface area contributed by atoms with Crippen molar-refractivity contribution in [3.8, 4) is 0 Å². The first-order valence-corrected chi connectivity index (χ1v) is 15.0. The number of aliphatic hydroxyl groups is 1. The van der Waals surface area contributed by atoms with E-state index in [1.54, 1.807) is 18.2 Å². The van der Waals surface area contributed by atoms with E-state index >= 15 is 0 Å². The van der Waals surface area contributed by atoms with Crippen LogP contribution in [0.4, 0.5) is 5.69 Å². The van der Waals surface area contributed by atoms with E-state index in [2.05, 4.69) is 23.8 Å². The minimum Gasteiger partial charge on any atom is -0.369 e. The molecule has 8 nitrogen and oxygen atoms in total. The number of rotatable bonds is 6. The van der Waals surface area contributed by atoms with Crippen LogP contribution in [-0.4, -0.2) is 74.7 Å². The third-order valence-electron chi connectivity index (χ3n) is 8.07. The lowest BCUT2D eigenvalue weighted by atomic mass is 10.0. The van der Waals surface area contributed by atoms with Gasteiger partial charge in [-0.05, 0) is 61.9 Å². The van der Waals surface area contributed by atoms with Gasteiger partial charge in [0.05, 0.1) is 16.2 Å². The highest BCUT2D eigenvalue weighted by atomic mass is 32.2. The molecule has 4 N–H and O–H groups in total. The second kappa shape index (κ2) is 10.7. The fraction of sp³-hybridized carbons (Fsp3) is 0.367. The maximum Gasteiger partial charge on any atom is 0.256 e. The van der Waals surface area contributed by atoms with Gasteiger partial charge in [-0.25, -0.2) is 8.42 Å². The van der Waals surface area contributed by atoms with Crippen molar-refractivity contribution in [1.82, 2.24) is 9.80 Å². The highest BCUT2D eigenvalue weighted by molar-refractivity contribution is 7.90. The van der Waals surface area contributed by atoms with Gasteiger partial charge < -0.3 is 25.5 Å². The fourth-order valence-electron chi connectivity index (χ4n) is 5.57. The number of quaternary nitrogens is 1. The van der Waals surface area contributed by atoms with Gasteiger partial charge >= 0.3 is 0 Å². The van der Waals surface area contributed by atoms with E-state index in [0.717, 1.165) is 35.5 Å². The van der Waals surface area contributed by atoms with Crippen LogP contribution in [0, 0.1) is 13.8 Å². The lowest BCUT2D eigenvalue weighted by Gasteiger charge is -2.32. The third-order valence-corrected chi connectivity index (χ3v) is 9.71. The Balaban J connectivity index is 1.49. The van der Waals surface area contributed by atoms with Gasteiger partial charge in [-0.3, -0.25) is 4.79 Å². The molecule has 2 atom stereocenters. The molecule has 0 bridgehead atoms. The molecule has 1 saturated heterocycles. The van der Waals surface area contributed by atoms with E-state index < -0.39 is 16.1 Å². The van der Waals surface area contributed by atoms with Gasteiger partial charge in [0, 0.05) is 55.5 Å². The van der Waals surface area contributed by atoms with Crippen LogP contribution in [0.15, 0.2) is 71.3 Å². The van der Waals surface area contributed by atoms with Crippen molar-refractivity contribution in [2.24, 2.45) is 0 Å². The summed E-state index contributed by atoms with van der Waals surface area (Å²) in [6.07, 6.45) is 3.21. The van der Waals surface area contributed by atoms with E-state index in [0.29, 0.717) is 41.9 Å². The number of carbonyl (C=O) groups is 1. The Morgan fingerprint density at radius 3 is 2.51 bits per heavy atom. The monoisotopic (exact) mass is 549 g/mol. The molecule has 39 heavy (non-hydrogen) atoms. The maximum absolute atomic E-state index is 13.5. The largest absolute Gasteiger partial charge is 0.369 e. The molecular weight excluding hydrogens is 512 g/mol. The number of allylic oxidation sites excluding steroid dienone is 1. The van der Waals surface area contributed by atoms with E-state index in [-0.39, 0.29) is 22.6 Å². The van der Waals surface area contributed by atoms with Crippen molar-refractivity contribution in [3.05, 3.63) is 88.7 Å². The number of carbonyl (C=O) groups excluding carboxylic acids is 1. The van der Waals surface area contributed by atoms with E-state index in [4.69, 9.17) is 0 Å². The van der Waals surface area contributed by atoms with Crippen LogP contribution in [-0.2, 0) is 20.4 Å². The van der Waals surface area contributed by atoms with E-state index in [1.807, 2.05) is 54.4 Å². The van der Waals surface area contributed by atoms with Gasteiger partial charge in [0.15, 0.2) is 16.1 Å². The van der Waals surface area contributed by atoms with Crippen molar-refractivity contribution in [2.75, 3.05) is 38.5 Å². The van der Waals surface area contributed by atoms with Crippen molar-refractivity contribution in [3.63, 3.8) is 0 Å². The number of hydrogen-bond acceptors (Lipinski definition) is 6. The summed E-state index contributed by atoms with van der Waals surface area (Å²) < 4.78 is 27.0. The van der Waals surface area contributed by atoms with Crippen LogP contribution in [0.25, 0.3) is 5.57 Å². The first kappa shape index (κ1) is 27.3. The highest BCUT2D eigenvalue weighted by Gasteiger charge is 2.35. The number of sulfone groups is 1. The van der Waals surface area contributed by atoms with Crippen molar-refractivity contribution < 1.29 is 23.6 Å². The second-order valence-electron chi connectivity index (χ2n) is 10.8. The molecule has 1 amide bonds. The van der Waals surface area contributed by atoms with Gasteiger partial charge in [0.1, 0.15) is 11.7 Å². The zero-order valence-electron chi connectivity index (χ0n) is 22.8. The molecule has 2 unspecified atom stereocenters. The lowest BCUT2D eigenvalue weighted by molar-refractivity contribution is -0.618. The summed E-state index contributed by atoms with van der Waals surface area (Å²) in [5, 5.41) is 16.0. The molecule has 9 heteroatoms. The molecule has 0 radical (unpaired) electrons. The van der Waals surface area contributed by atoms with Crippen LogP contribution in [0.2, 0.25) is 0 Å². The lowest BCUT2D eigenvalue weighted by Crippen LogP contribution is -2.85. The molecule has 3 aliphatic rings. The molecule has 3 heterocycles. The van der Waals surface area contributed by atoms with Gasteiger partial charge in [0.2, 0.25) is 0 Å². The summed E-state index contributed by atoms with van der Waals surface area (Å²) in [7, 11) is -1.59. The first-order chi connectivity index (χ1) is 18.6. The Morgan fingerprint density at radius 2 is 1.85 bits per heavy atom. The van der Waals surface area contributed by atoms with Gasteiger partial charge in [-0.2, -0.15) is 0 Å². The number of nitrogens with zero attached hydrogens (tertiary/aromatic N) is 2. The summed E-state index contributed by atoms with van der Waals surface area (Å²) in [5.41, 5.74) is 5.98. The van der Waals surface area contributed by atoms with Crippen molar-refractivity contribution in [1.29, 1.82) is 0 Å². The predicted octanol–water partition coefficient (Wildman–Crippen LogP) is 1.95. The van der Waals surface area contributed by atoms with Gasteiger partial charge in [-0.15, -0.1) is 0 Å². The summed E-state index contributed by atoms with van der Waals surface area (Å²) >= 11 is 0. The number of aliphatic hydroxyl groups excluding tert-OH is 1. The standard InChI is InChI=1S/C30H36N4O4S/c1-5-21-15-25(30(36)34-13-11-33(4)12-14-34)28(31-21)17-24-23-16-22(9-10-27(23)32-29(24)35)39(37,38)18-26-19(2)7-6-8-20(26)3/h5-10,16-17,21,29,31-32,35H,1,11-15,18H2,2-4H3/p+1/b24-17-. The zero-order valence-corrected chi connectivity index (χ0v) is 23.6. The summed E-state index contributed by atoms with van der Waals surface area (Å²) in [6.45, 7) is 10.8. The number of benzene rings is 2. The van der Waals surface area contributed by atoms with Crippen LogP contribution in [0.3, 0.4) is 0 Å². The quantitative estimate of drug-likeness (QED) is 0.476. The summed E-state index contributed by atoms with van der Waals surface area (Å²) in [6, 6.07) is 10.7. The van der Waals surface area contributed by atoms with Crippen LogP contribution < -0.4 is 10.6 Å². The minimum absolute atomic E-state index is 0.0150. The molecule has 2 aromatic carbocycles. The van der Waals surface area contributed by atoms with Crippen LogP contribution in [0.5, 0.6) is 0 Å². The molecule has 1 fully saturated rings. The number of piperazine rings is 1. The Morgan fingerprint density at radius 1 is 1.15 bits per heavy atom. The molecule has 3 aliphatic heterocycles. The average Bonchev–Trinajstić information content (AvgIpc) is 3.46. The Bertz CT molecular complexity index is 1470. The summed E-state index contributed by atoms with van der Waals surface area (Å²) in [5.74, 6) is -0.0794. The number of amides is 1. The minimum atomic E-state index is -3.64. The predicted molar refractivity (Wildman–Crippen MR) is 152 cm³/mol. The van der Waals surface area contributed by atoms with Gasteiger partial charge in [0.25, 0.3) is 5.91 Å². The number of nitrogens with one attached hydrogen (secondary N) is 1. The Kier molecular flexibility index (Phi) is 7.52. The van der Waals surface area contributed by atoms with Crippen molar-refractivity contribution >= 4 is 27.0 Å². The van der Waals surface area contributed by atoms with E-state index in [1.165, 1.54) is 0 Å². The Labute approximate surface area is 230 Å². The number of hydrogen-bond donors (Lipinski definition) is 3. The SMILES string of the molecule is C=CC1CC(C(=O)N2CCN(C)CC2)=C(/C=C2/c3cc(S(=O)(=O)Cc4c(C)cccc4C)ccc3NC2O)[NH2+]1. The van der Waals surface area contributed by atoms with Crippen molar-refractivity contribution in [2.45, 2.75) is 43.2 Å². The van der Waals surface area contributed by atoms with Crippen LogP contribution >= 0.6 is 0 Å². The highest BCUT2D eigenvalue weighted by Crippen LogP contribution is 2.37. The third kappa shape index (κ3) is 5.45. The maximum atomic E-state index is 13.5. The Hall–Kier alpha value is -3.24. The van der Waals surface area contributed by atoms with Gasteiger partial charge in [-0.1, -0.05) is 24.8 Å². The molecule has 0 aliphatic carbocycles. The fourth-order valence-corrected chi connectivity index (χ4v) is 7.14. The first-order valence-electron chi connectivity index (χ1n) is 13.3. The average molecular weight is 550 g/mol. The number of anilines is 1.